The largest absolute Gasteiger partial charge is 0.383 e. The van der Waals surface area contributed by atoms with Gasteiger partial charge in [-0.1, -0.05) is 6.08 Å². The Morgan fingerprint density at radius 3 is 3.10 bits per heavy atom. The van der Waals surface area contributed by atoms with Crippen molar-refractivity contribution in [3.63, 3.8) is 0 Å². The molecule has 0 N–H and O–H groups in total. The zero-order valence-electron chi connectivity index (χ0n) is 6.04. The molecule has 1 heterocycles. The van der Waals surface area contributed by atoms with E-state index in [0.29, 0.717) is 13.2 Å². The summed E-state index contributed by atoms with van der Waals surface area (Å²) in [4.78, 5) is 12.6. The highest BCUT2D eigenvalue weighted by molar-refractivity contribution is 5.89. The molecule has 10 heavy (non-hydrogen) atoms. The molecule has 0 unspecified atom stereocenters. The highest BCUT2D eigenvalue weighted by Gasteiger charge is 2.12. The molecule has 1 aliphatic heterocycles. The lowest BCUT2D eigenvalue weighted by molar-refractivity contribution is -0.125. The van der Waals surface area contributed by atoms with Crippen LogP contribution in [0.1, 0.15) is 0 Å². The molecule has 1 amide bonds. The normalized spacial score (nSPS) is 16.9. The number of nitrogens with zero attached hydrogens (tertiary/aromatic N) is 1. The van der Waals surface area contributed by atoms with E-state index >= 15 is 0 Å². The molecule has 1 aliphatic rings. The number of methoxy groups -OCH3 is 1. The van der Waals surface area contributed by atoms with E-state index in [-0.39, 0.29) is 5.91 Å². The molecule has 56 valence electrons. The lowest BCUT2D eigenvalue weighted by atomic mass is 10.5. The Kier molecular flexibility index (Phi) is 2.45. The number of hydrogen-bond acceptors (Lipinski definition) is 2. The van der Waals surface area contributed by atoms with Gasteiger partial charge >= 0.3 is 0 Å². The van der Waals surface area contributed by atoms with Gasteiger partial charge in [0.05, 0.1) is 6.61 Å². The minimum absolute atomic E-state index is 0.0945. The van der Waals surface area contributed by atoms with Crippen molar-refractivity contribution in [2.45, 2.75) is 0 Å². The van der Waals surface area contributed by atoms with E-state index in [0.717, 1.165) is 6.54 Å². The quantitative estimate of drug-likeness (QED) is 0.555. The summed E-state index contributed by atoms with van der Waals surface area (Å²) in [5.74, 6) is 0.0945. The second-order valence-corrected chi connectivity index (χ2v) is 2.18. The summed E-state index contributed by atoms with van der Waals surface area (Å²) in [6.45, 7) is 2.05. The molecular formula is C7H11NO2. The molecule has 0 aromatic carbocycles. The summed E-state index contributed by atoms with van der Waals surface area (Å²) in [7, 11) is 1.63. The fraction of sp³-hybridized carbons (Fsp3) is 0.571. The molecule has 0 spiro atoms. The zero-order valence-corrected chi connectivity index (χ0v) is 6.04. The highest BCUT2D eigenvalue weighted by Crippen LogP contribution is 1.99. The Labute approximate surface area is 60.3 Å². The van der Waals surface area contributed by atoms with E-state index in [4.69, 9.17) is 4.74 Å². The van der Waals surface area contributed by atoms with Crippen molar-refractivity contribution in [1.29, 1.82) is 0 Å². The van der Waals surface area contributed by atoms with Crippen molar-refractivity contribution in [3.8, 4) is 0 Å². The van der Waals surface area contributed by atoms with Crippen LogP contribution in [0.5, 0.6) is 0 Å². The van der Waals surface area contributed by atoms with Crippen LogP contribution in [0.15, 0.2) is 12.2 Å². The highest BCUT2D eigenvalue weighted by atomic mass is 16.5. The standard InChI is InChI=1S/C7H11NO2/c1-10-6-5-8-4-2-3-7(8)9/h2-3H,4-6H2,1H3. The first kappa shape index (κ1) is 7.28. The van der Waals surface area contributed by atoms with Crippen molar-refractivity contribution >= 4 is 5.91 Å². The molecule has 0 fully saturated rings. The van der Waals surface area contributed by atoms with E-state index in [2.05, 4.69) is 0 Å². The van der Waals surface area contributed by atoms with Gasteiger partial charge in [-0.25, -0.2) is 0 Å². The topological polar surface area (TPSA) is 29.5 Å². The SMILES string of the molecule is COCCN1CC=CC1=O. The van der Waals surface area contributed by atoms with E-state index in [1.165, 1.54) is 0 Å². The van der Waals surface area contributed by atoms with Gasteiger partial charge in [0.15, 0.2) is 0 Å². The van der Waals surface area contributed by atoms with Crippen LogP contribution in [0.3, 0.4) is 0 Å². The molecule has 1 rings (SSSR count). The maximum Gasteiger partial charge on any atom is 0.246 e. The van der Waals surface area contributed by atoms with Crippen LogP contribution in [-0.4, -0.2) is 37.6 Å². The number of hydrogen-bond donors (Lipinski definition) is 0. The molecule has 0 saturated heterocycles. The third kappa shape index (κ3) is 1.57. The minimum atomic E-state index is 0.0945. The number of ether oxygens (including phenoxy) is 1. The van der Waals surface area contributed by atoms with Crippen molar-refractivity contribution in [2.24, 2.45) is 0 Å². The maximum atomic E-state index is 10.9. The molecule has 0 saturated carbocycles. The monoisotopic (exact) mass is 141 g/mol. The van der Waals surface area contributed by atoms with Gasteiger partial charge in [0.1, 0.15) is 0 Å². The maximum absolute atomic E-state index is 10.9. The molecule has 0 atom stereocenters. The molecule has 0 aromatic rings. The Balaban J connectivity index is 2.24. The smallest absolute Gasteiger partial charge is 0.246 e. The minimum Gasteiger partial charge on any atom is -0.383 e. The summed E-state index contributed by atoms with van der Waals surface area (Å²) < 4.78 is 4.83. The summed E-state index contributed by atoms with van der Waals surface area (Å²) in [5.41, 5.74) is 0. The van der Waals surface area contributed by atoms with Gasteiger partial charge in [-0.05, 0) is 0 Å². The molecule has 3 nitrogen and oxygen atoms in total. The fourth-order valence-corrected chi connectivity index (χ4v) is 0.879. The summed E-state index contributed by atoms with van der Waals surface area (Å²) in [5, 5.41) is 0. The molecule has 0 aliphatic carbocycles. The molecular weight excluding hydrogens is 130 g/mol. The van der Waals surface area contributed by atoms with E-state index < -0.39 is 0 Å². The van der Waals surface area contributed by atoms with Gasteiger partial charge in [-0.3, -0.25) is 4.79 Å². The van der Waals surface area contributed by atoms with Crippen LogP contribution in [0.2, 0.25) is 0 Å². The third-order valence-electron chi connectivity index (χ3n) is 1.46. The summed E-state index contributed by atoms with van der Waals surface area (Å²) in [6.07, 6.45) is 3.45. The number of rotatable bonds is 3. The first-order valence-corrected chi connectivity index (χ1v) is 3.29. The van der Waals surface area contributed by atoms with E-state index in [1.54, 1.807) is 18.1 Å². The lowest BCUT2D eigenvalue weighted by Crippen LogP contribution is -2.28. The number of carbonyl (C=O) groups excluding carboxylic acids is 1. The van der Waals surface area contributed by atoms with Crippen molar-refractivity contribution in [3.05, 3.63) is 12.2 Å². The zero-order chi connectivity index (χ0) is 7.40. The van der Waals surface area contributed by atoms with Gasteiger partial charge in [-0.2, -0.15) is 0 Å². The van der Waals surface area contributed by atoms with Crippen LogP contribution >= 0.6 is 0 Å². The van der Waals surface area contributed by atoms with Gasteiger partial charge < -0.3 is 9.64 Å². The average molecular weight is 141 g/mol. The lowest BCUT2D eigenvalue weighted by Gasteiger charge is -2.13. The van der Waals surface area contributed by atoms with Crippen LogP contribution in [0.4, 0.5) is 0 Å². The Morgan fingerprint density at radius 2 is 2.60 bits per heavy atom. The first-order valence-electron chi connectivity index (χ1n) is 3.29. The van der Waals surface area contributed by atoms with Crippen molar-refractivity contribution in [1.82, 2.24) is 4.90 Å². The Hall–Kier alpha value is -0.830. The van der Waals surface area contributed by atoms with Crippen LogP contribution in [0.25, 0.3) is 0 Å². The van der Waals surface area contributed by atoms with E-state index in [1.807, 2.05) is 6.08 Å². The van der Waals surface area contributed by atoms with Gasteiger partial charge in [-0.15, -0.1) is 0 Å². The predicted molar refractivity (Wildman–Crippen MR) is 37.6 cm³/mol. The molecule has 0 aromatic heterocycles. The van der Waals surface area contributed by atoms with E-state index in [9.17, 15) is 4.79 Å². The second-order valence-electron chi connectivity index (χ2n) is 2.18. The van der Waals surface area contributed by atoms with Crippen molar-refractivity contribution < 1.29 is 9.53 Å². The number of amides is 1. The van der Waals surface area contributed by atoms with Crippen LogP contribution in [-0.2, 0) is 9.53 Å². The third-order valence-corrected chi connectivity index (χ3v) is 1.46. The first-order chi connectivity index (χ1) is 4.84. The van der Waals surface area contributed by atoms with Crippen molar-refractivity contribution in [2.75, 3.05) is 26.8 Å². The molecule has 3 heteroatoms. The molecule has 0 bridgehead atoms. The average Bonchev–Trinajstić information content (AvgIpc) is 2.31. The number of carbonyl (C=O) groups is 1. The van der Waals surface area contributed by atoms with Gasteiger partial charge in [0, 0.05) is 26.3 Å². The Bertz CT molecular complexity index is 154. The van der Waals surface area contributed by atoms with Gasteiger partial charge in [0.2, 0.25) is 5.91 Å². The Morgan fingerprint density at radius 1 is 1.80 bits per heavy atom. The van der Waals surface area contributed by atoms with Gasteiger partial charge in [0.25, 0.3) is 0 Å². The summed E-state index contributed by atoms with van der Waals surface area (Å²) in [6, 6.07) is 0. The second kappa shape index (κ2) is 3.37. The molecule has 0 radical (unpaired) electrons. The van der Waals surface area contributed by atoms with Crippen LogP contribution < -0.4 is 0 Å². The fourth-order valence-electron chi connectivity index (χ4n) is 0.879. The summed E-state index contributed by atoms with van der Waals surface area (Å²) >= 11 is 0. The predicted octanol–water partition coefficient (Wildman–Crippen LogP) is 0.0312. The van der Waals surface area contributed by atoms with Crippen LogP contribution in [0, 0.1) is 0 Å².